The molecule has 1 aromatic carbocycles. The van der Waals surface area contributed by atoms with Crippen molar-refractivity contribution in [1.29, 1.82) is 5.26 Å². The second-order valence-corrected chi connectivity index (χ2v) is 9.85. The van der Waals surface area contributed by atoms with E-state index in [9.17, 15) is 22.8 Å². The maximum atomic E-state index is 13.8. The van der Waals surface area contributed by atoms with Crippen molar-refractivity contribution in [2.45, 2.75) is 24.3 Å². The summed E-state index contributed by atoms with van der Waals surface area (Å²) < 4.78 is 46.5. The highest BCUT2D eigenvalue weighted by molar-refractivity contribution is 7.99. The number of benzene rings is 1. The molecule has 1 aromatic rings. The van der Waals surface area contributed by atoms with Gasteiger partial charge in [-0.25, -0.2) is 4.99 Å². The van der Waals surface area contributed by atoms with Gasteiger partial charge in [-0.05, 0) is 54.9 Å². The highest BCUT2D eigenvalue weighted by Crippen LogP contribution is 2.32. The Balaban J connectivity index is 2.31. The van der Waals surface area contributed by atoms with Crippen LogP contribution in [-0.2, 0) is 9.59 Å². The van der Waals surface area contributed by atoms with Crippen molar-refractivity contribution in [1.82, 2.24) is 10.3 Å². The van der Waals surface area contributed by atoms with E-state index in [1.807, 2.05) is 12.3 Å². The summed E-state index contributed by atoms with van der Waals surface area (Å²) in [7, 11) is 3.02. The highest BCUT2D eigenvalue weighted by atomic mass is 35.5. The van der Waals surface area contributed by atoms with E-state index in [0.717, 1.165) is 31.2 Å². The van der Waals surface area contributed by atoms with Gasteiger partial charge in [0.05, 0.1) is 30.2 Å². The number of aliphatic imine (C=N–C) groups is 1. The number of hydrogen-bond donors (Lipinski definition) is 1. The van der Waals surface area contributed by atoms with Gasteiger partial charge in [0.25, 0.3) is 0 Å². The number of hydrogen-bond acceptors (Lipinski definition) is 8. The fourth-order valence-electron chi connectivity index (χ4n) is 3.66. The molecular weight excluding hydrogens is 555 g/mol. The fourth-order valence-corrected chi connectivity index (χ4v) is 4.58. The number of rotatable bonds is 12. The summed E-state index contributed by atoms with van der Waals surface area (Å²) in [4.78, 5) is 28.2. The first kappa shape index (κ1) is 31.7. The largest absolute Gasteiger partial charge is 0.452 e. The molecular formula is C26H27ClF3N5O3S. The molecule has 0 amide bonds. The number of carbonyl (C=O) groups excluding carboxylic acids is 2. The number of halogens is 4. The lowest BCUT2D eigenvalue weighted by Gasteiger charge is -2.24. The van der Waals surface area contributed by atoms with Crippen LogP contribution in [0.3, 0.4) is 0 Å². The number of alkyl halides is 3. The van der Waals surface area contributed by atoms with E-state index in [-0.39, 0.29) is 40.3 Å². The molecule has 2 atom stereocenters. The zero-order chi connectivity index (χ0) is 29.0. The van der Waals surface area contributed by atoms with E-state index in [0.29, 0.717) is 17.7 Å². The molecule has 0 saturated carbocycles. The van der Waals surface area contributed by atoms with Crippen LogP contribution in [0.15, 0.2) is 63.6 Å². The number of nitrogens with one attached hydrogen (secondary N) is 1. The smallest absolute Gasteiger partial charge is 0.437 e. The van der Waals surface area contributed by atoms with E-state index in [4.69, 9.17) is 21.6 Å². The molecule has 13 heteroatoms. The van der Waals surface area contributed by atoms with Gasteiger partial charge in [-0.3, -0.25) is 9.59 Å². The molecule has 2 unspecified atom stereocenters. The third kappa shape index (κ3) is 9.92. The highest BCUT2D eigenvalue weighted by Gasteiger charge is 2.38. The number of ether oxygens (including phenoxy) is 1. The number of aldehydes is 2. The Bertz CT molecular complexity index is 1240. The van der Waals surface area contributed by atoms with E-state index in [1.165, 1.54) is 18.0 Å². The minimum Gasteiger partial charge on any atom is -0.452 e. The van der Waals surface area contributed by atoms with Gasteiger partial charge in [0, 0.05) is 24.4 Å². The van der Waals surface area contributed by atoms with Crippen LogP contribution in [-0.4, -0.2) is 67.8 Å². The predicted octanol–water partition coefficient (Wildman–Crippen LogP) is 4.92. The van der Waals surface area contributed by atoms with Crippen molar-refractivity contribution in [2.24, 2.45) is 16.0 Å². The van der Waals surface area contributed by atoms with Gasteiger partial charge < -0.3 is 15.1 Å². The second-order valence-electron chi connectivity index (χ2n) is 8.34. The number of allylic oxidation sites excluding steroid dienone is 4. The Kier molecular flexibility index (Phi) is 12.3. The van der Waals surface area contributed by atoms with Gasteiger partial charge in [0.2, 0.25) is 0 Å². The van der Waals surface area contributed by atoms with Crippen LogP contribution in [0.25, 0.3) is 0 Å². The monoisotopic (exact) mass is 581 g/mol. The van der Waals surface area contributed by atoms with Gasteiger partial charge in [-0.1, -0.05) is 23.8 Å². The van der Waals surface area contributed by atoms with Crippen LogP contribution >= 0.6 is 23.4 Å². The molecule has 1 aliphatic carbocycles. The van der Waals surface area contributed by atoms with Crippen molar-refractivity contribution >= 4 is 48.0 Å². The molecule has 208 valence electrons. The Morgan fingerprint density at radius 3 is 2.67 bits per heavy atom. The first-order chi connectivity index (χ1) is 18.5. The average Bonchev–Trinajstić information content (AvgIpc) is 2.90. The first-order valence-corrected chi connectivity index (χ1v) is 13.2. The minimum absolute atomic E-state index is 0.00155. The van der Waals surface area contributed by atoms with Crippen molar-refractivity contribution in [3.8, 4) is 11.8 Å². The van der Waals surface area contributed by atoms with Gasteiger partial charge in [-0.2, -0.15) is 35.3 Å². The van der Waals surface area contributed by atoms with Gasteiger partial charge >= 0.3 is 6.18 Å². The van der Waals surface area contributed by atoms with Crippen LogP contribution in [0.2, 0.25) is 5.02 Å². The molecule has 8 nitrogen and oxygen atoms in total. The maximum Gasteiger partial charge on any atom is 0.437 e. The minimum atomic E-state index is -5.04. The fraction of sp³-hybridized carbons (Fsp3) is 0.346. The summed E-state index contributed by atoms with van der Waals surface area (Å²) in [6.07, 6.45) is 5.70. The summed E-state index contributed by atoms with van der Waals surface area (Å²) in [6.45, 7) is -0.00155. The van der Waals surface area contributed by atoms with Crippen LogP contribution in [0.5, 0.6) is 5.75 Å². The molecule has 0 radical (unpaired) electrons. The topological polar surface area (TPSA) is 107 Å². The summed E-state index contributed by atoms with van der Waals surface area (Å²) in [5.41, 5.74) is 2.00. The standard InChI is InChI=1S/C26H27ClF3N5O3S/c1-32-34-21(9-19(14-36)18-5-4-6-23(10-18)39-3)13-35(2)16-33-25(26(28,29)30)24(15-37)38-22-8-17(12-31)7-20(27)11-22/h4,6-9,11,14-16,18,23,32H,5,10,13H2,1-3H3/b19-9+,25-24+,33-16-,34-21+. The molecule has 39 heavy (non-hydrogen) atoms. The van der Waals surface area contributed by atoms with Crippen molar-refractivity contribution in [3.05, 3.63) is 64.0 Å². The number of carbonyl (C=O) groups is 2. The zero-order valence-corrected chi connectivity index (χ0v) is 23.0. The van der Waals surface area contributed by atoms with E-state index in [2.05, 4.69) is 21.6 Å². The molecule has 0 saturated heterocycles. The van der Waals surface area contributed by atoms with Gasteiger partial charge in [0.1, 0.15) is 12.0 Å². The Labute approximate surface area is 233 Å². The van der Waals surface area contributed by atoms with Crippen molar-refractivity contribution < 1.29 is 27.5 Å². The lowest BCUT2D eigenvalue weighted by molar-refractivity contribution is -0.110. The molecule has 1 N–H and O–H groups in total. The lowest BCUT2D eigenvalue weighted by Crippen LogP contribution is -2.27. The van der Waals surface area contributed by atoms with E-state index < -0.39 is 17.6 Å². The summed E-state index contributed by atoms with van der Waals surface area (Å²) in [5, 5.41) is 13.5. The van der Waals surface area contributed by atoms with Crippen LogP contribution in [0.1, 0.15) is 18.4 Å². The van der Waals surface area contributed by atoms with E-state index >= 15 is 0 Å². The number of thioether (sulfide) groups is 1. The summed E-state index contributed by atoms with van der Waals surface area (Å²) in [6, 6.07) is 5.39. The molecule has 0 fully saturated rings. The molecule has 0 aromatic heterocycles. The van der Waals surface area contributed by atoms with Gasteiger partial charge in [-0.15, -0.1) is 0 Å². The van der Waals surface area contributed by atoms with Crippen LogP contribution in [0, 0.1) is 17.2 Å². The summed E-state index contributed by atoms with van der Waals surface area (Å²) in [5.74, 6) is -1.35. The molecule has 0 aliphatic heterocycles. The van der Waals surface area contributed by atoms with Crippen molar-refractivity contribution in [3.63, 3.8) is 0 Å². The second kappa shape index (κ2) is 15.1. The Morgan fingerprint density at radius 1 is 1.33 bits per heavy atom. The molecule has 2 rings (SSSR count). The summed E-state index contributed by atoms with van der Waals surface area (Å²) >= 11 is 7.56. The predicted molar refractivity (Wildman–Crippen MR) is 147 cm³/mol. The quantitative estimate of drug-likeness (QED) is 0.0710. The van der Waals surface area contributed by atoms with Gasteiger partial charge in [0.15, 0.2) is 17.7 Å². The molecule has 0 bridgehead atoms. The molecule has 0 heterocycles. The third-order valence-electron chi connectivity index (χ3n) is 5.42. The number of nitrogens with zero attached hydrogens (tertiary/aromatic N) is 4. The lowest BCUT2D eigenvalue weighted by atomic mass is 9.87. The van der Waals surface area contributed by atoms with E-state index in [1.54, 1.807) is 31.0 Å². The Hall–Kier alpha value is -3.56. The normalized spacial score (nSPS) is 18.8. The number of hydrazone groups is 1. The van der Waals surface area contributed by atoms with Crippen LogP contribution in [0.4, 0.5) is 13.2 Å². The third-order valence-corrected chi connectivity index (χ3v) is 6.59. The first-order valence-electron chi connectivity index (χ1n) is 11.5. The zero-order valence-electron chi connectivity index (χ0n) is 21.4. The SMILES string of the molecule is CN/N=C(\C=C(/C=O)C1CC=CC(SC)C1)CN(C)/C=N\C(=C(/C=O)Oc1cc(Cl)cc(C#N)c1)C(F)(F)F. The molecule has 0 spiro atoms. The Morgan fingerprint density at radius 2 is 2.08 bits per heavy atom. The van der Waals surface area contributed by atoms with Crippen LogP contribution < -0.4 is 10.2 Å². The van der Waals surface area contributed by atoms with Crippen molar-refractivity contribution in [2.75, 3.05) is 26.9 Å². The molecule has 1 aliphatic rings. The average molecular weight is 582 g/mol. The maximum absolute atomic E-state index is 13.8. The number of nitriles is 1.